The van der Waals surface area contributed by atoms with Gasteiger partial charge in [0.2, 0.25) is 0 Å². The Kier molecular flexibility index (Phi) is 11.2. The molecule has 0 spiro atoms. The molecule has 0 aliphatic heterocycles. The van der Waals surface area contributed by atoms with Crippen LogP contribution in [0.5, 0.6) is 17.2 Å². The highest BCUT2D eigenvalue weighted by atomic mass is 16.5. The van der Waals surface area contributed by atoms with Gasteiger partial charge in [0, 0.05) is 6.92 Å². The molecule has 0 aromatic heterocycles. The number of esters is 1. The average molecular weight is 411 g/mol. The zero-order valence-corrected chi connectivity index (χ0v) is 18.1. The quantitative estimate of drug-likeness (QED) is 0.183. The predicted molar refractivity (Wildman–Crippen MR) is 122 cm³/mol. The van der Waals surface area contributed by atoms with Gasteiger partial charge in [0.25, 0.3) is 0 Å². The smallest absolute Gasteiger partial charge is 0.308 e. The maximum Gasteiger partial charge on any atom is 0.308 e. The van der Waals surface area contributed by atoms with Gasteiger partial charge >= 0.3 is 5.97 Å². The van der Waals surface area contributed by atoms with E-state index in [9.17, 15) is 4.79 Å². The molecule has 0 aliphatic carbocycles. The van der Waals surface area contributed by atoms with E-state index in [-0.39, 0.29) is 5.97 Å². The summed E-state index contributed by atoms with van der Waals surface area (Å²) >= 11 is 0. The van der Waals surface area contributed by atoms with Crippen LogP contribution in [0.3, 0.4) is 0 Å². The molecule has 0 saturated carbocycles. The minimum atomic E-state index is -0.313. The van der Waals surface area contributed by atoms with E-state index >= 15 is 0 Å². The number of hydrogen-bond donors (Lipinski definition) is 0. The van der Waals surface area contributed by atoms with Gasteiger partial charge in [-0.3, -0.25) is 4.79 Å². The van der Waals surface area contributed by atoms with Crippen molar-refractivity contribution in [3.05, 3.63) is 60.7 Å². The molecule has 0 bridgehead atoms. The highest BCUT2D eigenvalue weighted by molar-refractivity contribution is 5.69. The van der Waals surface area contributed by atoms with Crippen molar-refractivity contribution in [1.29, 1.82) is 0 Å². The van der Waals surface area contributed by atoms with Crippen molar-refractivity contribution in [2.24, 2.45) is 0 Å². The van der Waals surface area contributed by atoms with Gasteiger partial charge in [0.15, 0.2) is 0 Å². The first-order chi connectivity index (χ1) is 14.7. The van der Waals surface area contributed by atoms with E-state index in [1.807, 2.05) is 42.5 Å². The first-order valence-electron chi connectivity index (χ1n) is 10.9. The molecule has 0 radical (unpaired) electrons. The highest BCUT2D eigenvalue weighted by Gasteiger charge is 1.99. The molecule has 0 amide bonds. The standard InChI is InChI=1S/C26H34O4/c1-3-23-12-14-24(15-13-23)28-20-10-8-6-4-5-7-9-11-21-29-25-16-18-26(19-17-25)30-22(2)27/h3,12-19H,1,4-11,20-21H2,2H3. The summed E-state index contributed by atoms with van der Waals surface area (Å²) in [7, 11) is 0. The number of carbonyl (C=O) groups excluding carboxylic acids is 1. The van der Waals surface area contributed by atoms with Crippen LogP contribution in [0.25, 0.3) is 6.08 Å². The molecular weight excluding hydrogens is 376 g/mol. The number of ether oxygens (including phenoxy) is 3. The molecule has 0 N–H and O–H groups in total. The molecule has 162 valence electrons. The second-order valence-electron chi connectivity index (χ2n) is 7.36. The summed E-state index contributed by atoms with van der Waals surface area (Å²) in [4.78, 5) is 10.9. The Hall–Kier alpha value is -2.75. The molecule has 0 unspecified atom stereocenters. The van der Waals surface area contributed by atoms with Gasteiger partial charge < -0.3 is 14.2 Å². The van der Waals surface area contributed by atoms with Crippen LogP contribution >= 0.6 is 0 Å². The fourth-order valence-electron chi connectivity index (χ4n) is 3.11. The summed E-state index contributed by atoms with van der Waals surface area (Å²) in [5, 5.41) is 0. The Balaban J connectivity index is 1.38. The Labute approximate surface area is 180 Å². The third-order valence-electron chi connectivity index (χ3n) is 4.78. The Morgan fingerprint density at radius 3 is 1.53 bits per heavy atom. The highest BCUT2D eigenvalue weighted by Crippen LogP contribution is 2.18. The molecule has 2 rings (SSSR count). The van der Waals surface area contributed by atoms with Gasteiger partial charge in [-0.1, -0.05) is 63.3 Å². The van der Waals surface area contributed by atoms with Gasteiger partial charge in [0.1, 0.15) is 17.2 Å². The third kappa shape index (κ3) is 10.1. The molecule has 0 heterocycles. The van der Waals surface area contributed by atoms with Crippen molar-refractivity contribution >= 4 is 12.0 Å². The molecule has 0 aliphatic rings. The SMILES string of the molecule is C=Cc1ccc(OCCCCCCCCCCOc2ccc(OC(C)=O)cc2)cc1. The largest absolute Gasteiger partial charge is 0.494 e. The molecule has 30 heavy (non-hydrogen) atoms. The minimum absolute atomic E-state index is 0.313. The molecular formula is C26H34O4. The van der Waals surface area contributed by atoms with Gasteiger partial charge in [-0.2, -0.15) is 0 Å². The van der Waals surface area contributed by atoms with Crippen molar-refractivity contribution in [1.82, 2.24) is 0 Å². The molecule has 0 atom stereocenters. The predicted octanol–water partition coefficient (Wildman–Crippen LogP) is 6.83. The van der Waals surface area contributed by atoms with Crippen LogP contribution < -0.4 is 14.2 Å². The van der Waals surface area contributed by atoms with E-state index in [2.05, 4.69) is 6.58 Å². The van der Waals surface area contributed by atoms with Crippen molar-refractivity contribution in [2.75, 3.05) is 13.2 Å². The molecule has 2 aromatic carbocycles. The van der Waals surface area contributed by atoms with Crippen molar-refractivity contribution < 1.29 is 19.0 Å². The second kappa shape index (κ2) is 14.3. The van der Waals surface area contributed by atoms with Gasteiger partial charge in [0.05, 0.1) is 13.2 Å². The van der Waals surface area contributed by atoms with Crippen LogP contribution in [0.1, 0.15) is 63.9 Å². The first-order valence-corrected chi connectivity index (χ1v) is 10.9. The summed E-state index contributed by atoms with van der Waals surface area (Å²) in [5.41, 5.74) is 1.11. The summed E-state index contributed by atoms with van der Waals surface area (Å²) in [6, 6.07) is 15.2. The van der Waals surface area contributed by atoms with E-state index in [1.54, 1.807) is 12.1 Å². The van der Waals surface area contributed by atoms with Crippen LogP contribution in [-0.4, -0.2) is 19.2 Å². The van der Waals surface area contributed by atoms with Crippen LogP contribution in [0.15, 0.2) is 55.1 Å². The molecule has 4 nitrogen and oxygen atoms in total. The molecule has 0 saturated heterocycles. The zero-order chi connectivity index (χ0) is 21.4. The van der Waals surface area contributed by atoms with E-state index in [4.69, 9.17) is 14.2 Å². The summed E-state index contributed by atoms with van der Waals surface area (Å²) in [6.07, 6.45) is 11.5. The average Bonchev–Trinajstić information content (AvgIpc) is 2.75. The van der Waals surface area contributed by atoms with E-state index in [0.717, 1.165) is 43.1 Å². The fraction of sp³-hybridized carbons (Fsp3) is 0.423. The van der Waals surface area contributed by atoms with Crippen molar-refractivity contribution in [3.63, 3.8) is 0 Å². The van der Waals surface area contributed by atoms with Gasteiger partial charge in [-0.25, -0.2) is 0 Å². The zero-order valence-electron chi connectivity index (χ0n) is 18.1. The lowest BCUT2D eigenvalue weighted by Gasteiger charge is -2.08. The number of rotatable bonds is 15. The number of unbranched alkanes of at least 4 members (excludes halogenated alkanes) is 7. The summed E-state index contributed by atoms with van der Waals surface area (Å²) in [6.45, 7) is 6.65. The third-order valence-corrected chi connectivity index (χ3v) is 4.78. The number of carbonyl (C=O) groups is 1. The van der Waals surface area contributed by atoms with Crippen LogP contribution in [0, 0.1) is 0 Å². The molecule has 0 fully saturated rings. The van der Waals surface area contributed by atoms with Crippen molar-refractivity contribution in [3.8, 4) is 17.2 Å². The Morgan fingerprint density at radius 2 is 1.10 bits per heavy atom. The number of hydrogen-bond acceptors (Lipinski definition) is 4. The topological polar surface area (TPSA) is 44.8 Å². The van der Waals surface area contributed by atoms with Crippen LogP contribution in [0.2, 0.25) is 0 Å². The van der Waals surface area contributed by atoms with E-state index in [1.165, 1.54) is 45.4 Å². The maximum absolute atomic E-state index is 10.9. The van der Waals surface area contributed by atoms with Crippen LogP contribution in [-0.2, 0) is 4.79 Å². The Bertz CT molecular complexity index is 735. The minimum Gasteiger partial charge on any atom is -0.494 e. The number of benzene rings is 2. The monoisotopic (exact) mass is 410 g/mol. The maximum atomic E-state index is 10.9. The normalized spacial score (nSPS) is 10.4. The fourth-order valence-corrected chi connectivity index (χ4v) is 3.11. The Morgan fingerprint density at radius 1 is 0.700 bits per heavy atom. The van der Waals surface area contributed by atoms with E-state index < -0.39 is 0 Å². The van der Waals surface area contributed by atoms with Crippen molar-refractivity contribution in [2.45, 2.75) is 58.3 Å². The molecule has 4 heteroatoms. The first kappa shape index (κ1) is 23.5. The second-order valence-corrected chi connectivity index (χ2v) is 7.36. The van der Waals surface area contributed by atoms with Gasteiger partial charge in [-0.05, 0) is 54.8 Å². The van der Waals surface area contributed by atoms with Gasteiger partial charge in [-0.15, -0.1) is 0 Å². The lowest BCUT2D eigenvalue weighted by molar-refractivity contribution is -0.131. The molecule has 2 aromatic rings. The van der Waals surface area contributed by atoms with Crippen LogP contribution in [0.4, 0.5) is 0 Å². The lowest BCUT2D eigenvalue weighted by atomic mass is 10.1. The summed E-state index contributed by atoms with van der Waals surface area (Å²) in [5.74, 6) is 1.98. The van der Waals surface area contributed by atoms with E-state index in [0.29, 0.717) is 5.75 Å². The lowest BCUT2D eigenvalue weighted by Crippen LogP contribution is -2.01. The summed E-state index contributed by atoms with van der Waals surface area (Å²) < 4.78 is 16.5.